The first-order valence-corrected chi connectivity index (χ1v) is 8.58. The van der Waals surface area contributed by atoms with Gasteiger partial charge in [0.05, 0.1) is 24.7 Å². The van der Waals surface area contributed by atoms with E-state index in [0.717, 1.165) is 16.9 Å². The normalized spacial score (nSPS) is 12.8. The molecule has 0 unspecified atom stereocenters. The Balaban J connectivity index is 1.92. The van der Waals surface area contributed by atoms with Gasteiger partial charge in [0.15, 0.2) is 0 Å². The Morgan fingerprint density at radius 3 is 2.22 bits per heavy atom. The second-order valence-electron chi connectivity index (χ2n) is 5.26. The van der Waals surface area contributed by atoms with Crippen molar-refractivity contribution < 1.29 is 22.4 Å². The van der Waals surface area contributed by atoms with Gasteiger partial charge in [0.25, 0.3) is 10.1 Å². The number of aliphatic hydroxyl groups excluding tert-OH is 1. The number of aliphatic hydroxyl groups is 1. The number of aryl methyl sites for hydroxylation is 1. The molecule has 0 fully saturated rings. The first-order valence-electron chi connectivity index (χ1n) is 7.18. The highest BCUT2D eigenvalue weighted by Gasteiger charge is 2.17. The minimum atomic E-state index is -3.86. The lowest BCUT2D eigenvalue weighted by Crippen LogP contribution is -2.21. The SMILES string of the molecule is COc1ccc(C[C@@H](O)COS(=O)(=O)c2ccc(C)cc2)cc1. The zero-order valence-electron chi connectivity index (χ0n) is 13.1. The van der Waals surface area contributed by atoms with Crippen LogP contribution in [0.1, 0.15) is 11.1 Å². The van der Waals surface area contributed by atoms with Crippen molar-refractivity contribution in [1.29, 1.82) is 0 Å². The topological polar surface area (TPSA) is 72.8 Å². The molecule has 0 aliphatic rings. The smallest absolute Gasteiger partial charge is 0.297 e. The molecule has 0 spiro atoms. The summed E-state index contributed by atoms with van der Waals surface area (Å²) in [6.07, 6.45) is -0.614. The molecule has 0 bridgehead atoms. The van der Waals surface area contributed by atoms with Crippen LogP contribution < -0.4 is 4.74 Å². The average Bonchev–Trinajstić information content (AvgIpc) is 2.54. The van der Waals surface area contributed by atoms with Crippen LogP contribution in [0, 0.1) is 6.92 Å². The molecule has 0 heterocycles. The Labute approximate surface area is 136 Å². The van der Waals surface area contributed by atoms with Crippen molar-refractivity contribution in [2.75, 3.05) is 13.7 Å². The van der Waals surface area contributed by atoms with E-state index in [9.17, 15) is 13.5 Å². The minimum absolute atomic E-state index is 0.0831. The predicted molar refractivity (Wildman–Crippen MR) is 87.0 cm³/mol. The number of hydrogen-bond donors (Lipinski definition) is 1. The zero-order chi connectivity index (χ0) is 16.9. The highest BCUT2D eigenvalue weighted by atomic mass is 32.2. The van der Waals surface area contributed by atoms with Crippen molar-refractivity contribution >= 4 is 10.1 Å². The number of ether oxygens (including phenoxy) is 1. The monoisotopic (exact) mass is 336 g/mol. The molecule has 0 aromatic heterocycles. The standard InChI is InChI=1S/C17H20O5S/c1-13-3-9-17(10-4-13)23(19,20)22-12-15(18)11-14-5-7-16(21-2)8-6-14/h3-10,15,18H,11-12H2,1-2H3/t15-/m1/s1. The molecular formula is C17H20O5S. The van der Waals surface area contributed by atoms with Crippen LogP contribution >= 0.6 is 0 Å². The van der Waals surface area contributed by atoms with E-state index >= 15 is 0 Å². The van der Waals surface area contributed by atoms with E-state index in [1.54, 1.807) is 31.4 Å². The third-order valence-electron chi connectivity index (χ3n) is 3.36. The summed E-state index contributed by atoms with van der Waals surface area (Å²) in [4.78, 5) is 0.0831. The molecular weight excluding hydrogens is 316 g/mol. The largest absolute Gasteiger partial charge is 0.497 e. The summed E-state index contributed by atoms with van der Waals surface area (Å²) in [6.45, 7) is 1.58. The highest BCUT2D eigenvalue weighted by molar-refractivity contribution is 7.86. The fourth-order valence-electron chi connectivity index (χ4n) is 2.03. The van der Waals surface area contributed by atoms with Crippen LogP contribution in [0.2, 0.25) is 0 Å². The van der Waals surface area contributed by atoms with Gasteiger partial charge in [-0.2, -0.15) is 8.42 Å². The van der Waals surface area contributed by atoms with E-state index in [0.29, 0.717) is 6.42 Å². The number of rotatable bonds is 7. The van der Waals surface area contributed by atoms with Crippen LogP contribution in [-0.2, 0) is 20.7 Å². The Morgan fingerprint density at radius 2 is 1.65 bits per heavy atom. The van der Waals surface area contributed by atoms with Gasteiger partial charge in [-0.3, -0.25) is 4.18 Å². The third-order valence-corrected chi connectivity index (χ3v) is 4.65. The lowest BCUT2D eigenvalue weighted by Gasteiger charge is -2.12. The van der Waals surface area contributed by atoms with Gasteiger partial charge in [-0.05, 0) is 36.8 Å². The van der Waals surface area contributed by atoms with Crippen LogP contribution in [0.25, 0.3) is 0 Å². The first-order chi connectivity index (χ1) is 10.9. The number of methoxy groups -OCH3 is 1. The molecule has 23 heavy (non-hydrogen) atoms. The second kappa shape index (κ2) is 7.59. The van der Waals surface area contributed by atoms with Crippen LogP contribution in [-0.4, -0.2) is 33.3 Å². The maximum Gasteiger partial charge on any atom is 0.297 e. The molecule has 1 atom stereocenters. The Hall–Kier alpha value is -1.89. The summed E-state index contributed by atoms with van der Waals surface area (Å²) in [5.74, 6) is 0.724. The lowest BCUT2D eigenvalue weighted by molar-refractivity contribution is 0.111. The van der Waals surface area contributed by atoms with Crippen LogP contribution in [0.4, 0.5) is 0 Å². The van der Waals surface area contributed by atoms with Crippen molar-refractivity contribution in [3.05, 3.63) is 59.7 Å². The van der Waals surface area contributed by atoms with Gasteiger partial charge >= 0.3 is 0 Å². The zero-order valence-corrected chi connectivity index (χ0v) is 13.9. The maximum atomic E-state index is 12.0. The molecule has 0 saturated heterocycles. The summed E-state index contributed by atoms with van der Waals surface area (Å²) in [6, 6.07) is 13.6. The van der Waals surface area contributed by atoms with E-state index in [4.69, 9.17) is 8.92 Å². The van der Waals surface area contributed by atoms with Gasteiger partial charge in [-0.15, -0.1) is 0 Å². The van der Waals surface area contributed by atoms with Crippen molar-refractivity contribution in [2.24, 2.45) is 0 Å². The number of hydrogen-bond acceptors (Lipinski definition) is 5. The van der Waals surface area contributed by atoms with Gasteiger partial charge in [-0.1, -0.05) is 29.8 Å². The molecule has 0 aliphatic carbocycles. The van der Waals surface area contributed by atoms with Gasteiger partial charge in [0.1, 0.15) is 5.75 Å². The van der Waals surface area contributed by atoms with E-state index < -0.39 is 16.2 Å². The van der Waals surface area contributed by atoms with Crippen LogP contribution in [0.5, 0.6) is 5.75 Å². The fraction of sp³-hybridized carbons (Fsp3) is 0.294. The Bertz CT molecular complexity index is 721. The van der Waals surface area contributed by atoms with Gasteiger partial charge in [0, 0.05) is 6.42 Å². The van der Waals surface area contributed by atoms with E-state index in [2.05, 4.69) is 0 Å². The van der Waals surface area contributed by atoms with Crippen molar-refractivity contribution in [3.8, 4) is 5.75 Å². The molecule has 2 aromatic rings. The fourth-order valence-corrected chi connectivity index (χ4v) is 2.98. The summed E-state index contributed by atoms with van der Waals surface area (Å²) >= 11 is 0. The summed E-state index contributed by atoms with van der Waals surface area (Å²) < 4.78 is 34.1. The average molecular weight is 336 g/mol. The molecule has 0 amide bonds. The third kappa shape index (κ3) is 5.06. The quantitative estimate of drug-likeness (QED) is 0.786. The van der Waals surface area contributed by atoms with Crippen molar-refractivity contribution in [2.45, 2.75) is 24.3 Å². The van der Waals surface area contributed by atoms with E-state index in [1.165, 1.54) is 12.1 Å². The van der Waals surface area contributed by atoms with Gasteiger partial charge in [0.2, 0.25) is 0 Å². The predicted octanol–water partition coefficient (Wildman–Crippen LogP) is 2.31. The lowest BCUT2D eigenvalue weighted by atomic mass is 10.1. The summed E-state index contributed by atoms with van der Waals surface area (Å²) in [5, 5.41) is 9.96. The van der Waals surface area contributed by atoms with Crippen molar-refractivity contribution in [1.82, 2.24) is 0 Å². The van der Waals surface area contributed by atoms with Crippen LogP contribution in [0.15, 0.2) is 53.4 Å². The molecule has 124 valence electrons. The Kier molecular flexibility index (Phi) is 5.76. The summed E-state index contributed by atoms with van der Waals surface area (Å²) in [7, 11) is -2.28. The molecule has 2 aromatic carbocycles. The Morgan fingerprint density at radius 1 is 1.04 bits per heavy atom. The van der Waals surface area contributed by atoms with Gasteiger partial charge in [-0.25, -0.2) is 0 Å². The molecule has 2 rings (SSSR count). The maximum absolute atomic E-state index is 12.0. The van der Waals surface area contributed by atoms with Crippen LogP contribution in [0.3, 0.4) is 0 Å². The molecule has 5 nitrogen and oxygen atoms in total. The first kappa shape index (κ1) is 17.5. The molecule has 0 radical (unpaired) electrons. The molecule has 0 saturated carbocycles. The van der Waals surface area contributed by atoms with Gasteiger partial charge < -0.3 is 9.84 Å². The second-order valence-corrected chi connectivity index (χ2v) is 6.87. The highest BCUT2D eigenvalue weighted by Crippen LogP contribution is 2.15. The molecule has 1 N–H and O–H groups in total. The number of benzene rings is 2. The summed E-state index contributed by atoms with van der Waals surface area (Å²) in [5.41, 5.74) is 1.83. The van der Waals surface area contributed by atoms with E-state index in [-0.39, 0.29) is 11.5 Å². The minimum Gasteiger partial charge on any atom is -0.497 e. The molecule has 0 aliphatic heterocycles. The van der Waals surface area contributed by atoms with E-state index in [1.807, 2.05) is 19.1 Å². The van der Waals surface area contributed by atoms with Crippen molar-refractivity contribution in [3.63, 3.8) is 0 Å². The molecule has 6 heteroatoms.